The number of nitrogens with one attached hydrogen (secondary N) is 2. The van der Waals surface area contributed by atoms with E-state index in [0.717, 1.165) is 4.47 Å². The summed E-state index contributed by atoms with van der Waals surface area (Å²) < 4.78 is 11.5. The number of carbonyl (C=O) groups excluding carboxylic acids is 3. The maximum Gasteiger partial charge on any atom is 0.306 e. The maximum absolute atomic E-state index is 12.1. The van der Waals surface area contributed by atoms with Crippen molar-refractivity contribution in [3.05, 3.63) is 81.2 Å². The Morgan fingerprint density at radius 1 is 0.794 bits per heavy atom. The predicted octanol–water partition coefficient (Wildman–Crippen LogP) is 6.45. The van der Waals surface area contributed by atoms with E-state index in [9.17, 15) is 14.4 Å². The summed E-state index contributed by atoms with van der Waals surface area (Å²) in [5, 5.41) is 6.17. The molecule has 176 valence electrons. The smallest absolute Gasteiger partial charge is 0.306 e. The van der Waals surface area contributed by atoms with E-state index in [4.69, 9.17) is 32.7 Å². The quantitative estimate of drug-likeness (QED) is 0.291. The number of ether oxygens (including phenoxy) is 2. The van der Waals surface area contributed by atoms with E-state index < -0.39 is 18.5 Å². The monoisotopic (exact) mass is 564 g/mol. The second kappa shape index (κ2) is 12.4. The van der Waals surface area contributed by atoms with Crippen LogP contribution in [0, 0.1) is 0 Å². The lowest BCUT2D eigenvalue weighted by Gasteiger charge is -2.10. The average molecular weight is 566 g/mol. The molecule has 0 heterocycles. The zero-order valence-electron chi connectivity index (χ0n) is 17.6. The fourth-order valence-corrected chi connectivity index (χ4v) is 3.39. The first-order valence-corrected chi connectivity index (χ1v) is 11.6. The molecule has 0 saturated carbocycles. The van der Waals surface area contributed by atoms with Gasteiger partial charge in [0.2, 0.25) is 5.91 Å². The highest BCUT2D eigenvalue weighted by atomic mass is 79.9. The highest BCUT2D eigenvalue weighted by molar-refractivity contribution is 9.10. The Hall–Kier alpha value is -3.07. The third-order valence-electron chi connectivity index (χ3n) is 4.31. The number of hydrogen-bond donors (Lipinski definition) is 2. The van der Waals surface area contributed by atoms with Crippen LogP contribution in [-0.4, -0.2) is 24.4 Å². The Labute approximate surface area is 214 Å². The number of hydrogen-bond acceptors (Lipinski definition) is 5. The van der Waals surface area contributed by atoms with Gasteiger partial charge in [-0.25, -0.2) is 0 Å². The number of halogens is 3. The number of esters is 1. The second-order valence-corrected chi connectivity index (χ2v) is 8.72. The van der Waals surface area contributed by atoms with Crippen molar-refractivity contribution in [2.24, 2.45) is 0 Å². The van der Waals surface area contributed by atoms with E-state index in [1.54, 1.807) is 66.7 Å². The lowest BCUT2D eigenvalue weighted by atomic mass is 10.2. The van der Waals surface area contributed by atoms with Crippen molar-refractivity contribution < 1.29 is 23.9 Å². The van der Waals surface area contributed by atoms with E-state index in [2.05, 4.69) is 26.6 Å². The molecule has 7 nitrogen and oxygen atoms in total. The second-order valence-electron chi connectivity index (χ2n) is 6.97. The van der Waals surface area contributed by atoms with Gasteiger partial charge in [-0.2, -0.15) is 0 Å². The van der Waals surface area contributed by atoms with Crippen molar-refractivity contribution in [3.63, 3.8) is 0 Å². The Bertz CT molecular complexity index is 1170. The Morgan fingerprint density at radius 3 is 2.06 bits per heavy atom. The molecule has 2 N–H and O–H groups in total. The molecular formula is C24H19BrCl2N2O5. The van der Waals surface area contributed by atoms with Crippen LogP contribution in [0.15, 0.2) is 71.2 Å². The van der Waals surface area contributed by atoms with Gasteiger partial charge in [0.1, 0.15) is 11.5 Å². The minimum absolute atomic E-state index is 0.0915. The topological polar surface area (TPSA) is 93.7 Å². The van der Waals surface area contributed by atoms with Crippen LogP contribution in [-0.2, 0) is 19.1 Å². The van der Waals surface area contributed by atoms with Gasteiger partial charge >= 0.3 is 5.97 Å². The van der Waals surface area contributed by atoms with Gasteiger partial charge in [-0.15, -0.1) is 0 Å². The average Bonchev–Trinajstić information content (AvgIpc) is 2.81. The summed E-state index contributed by atoms with van der Waals surface area (Å²) in [6, 6.07) is 18.5. The Kier molecular flexibility index (Phi) is 9.33. The number of benzene rings is 3. The van der Waals surface area contributed by atoms with Gasteiger partial charge in [-0.1, -0.05) is 39.1 Å². The van der Waals surface area contributed by atoms with Crippen molar-refractivity contribution in [2.45, 2.75) is 12.8 Å². The van der Waals surface area contributed by atoms with Crippen LogP contribution in [0.4, 0.5) is 11.4 Å². The van der Waals surface area contributed by atoms with E-state index in [-0.39, 0.29) is 18.7 Å². The fraction of sp³-hybridized carbons (Fsp3) is 0.125. The van der Waals surface area contributed by atoms with Gasteiger partial charge in [0.15, 0.2) is 6.61 Å². The van der Waals surface area contributed by atoms with Gasteiger partial charge in [-0.3, -0.25) is 14.4 Å². The van der Waals surface area contributed by atoms with Gasteiger partial charge in [0, 0.05) is 27.3 Å². The van der Waals surface area contributed by atoms with Crippen LogP contribution in [0.3, 0.4) is 0 Å². The fourth-order valence-electron chi connectivity index (χ4n) is 2.68. The lowest BCUT2D eigenvalue weighted by Crippen LogP contribution is -2.21. The highest BCUT2D eigenvalue weighted by Crippen LogP contribution is 2.32. The van der Waals surface area contributed by atoms with Gasteiger partial charge < -0.3 is 20.1 Å². The van der Waals surface area contributed by atoms with Gasteiger partial charge in [0.25, 0.3) is 5.91 Å². The number of carbonyl (C=O) groups is 3. The molecule has 3 aromatic rings. The normalized spacial score (nSPS) is 10.3. The molecule has 0 spiro atoms. The van der Waals surface area contributed by atoms with Crippen LogP contribution in [0.1, 0.15) is 12.8 Å². The third-order valence-corrected chi connectivity index (χ3v) is 5.37. The lowest BCUT2D eigenvalue weighted by molar-refractivity contribution is -0.147. The number of rotatable bonds is 9. The van der Waals surface area contributed by atoms with E-state index >= 15 is 0 Å². The molecule has 0 aliphatic heterocycles. The van der Waals surface area contributed by atoms with Crippen molar-refractivity contribution in [1.82, 2.24) is 0 Å². The molecule has 0 aliphatic carbocycles. The van der Waals surface area contributed by atoms with Crippen LogP contribution in [0.25, 0.3) is 0 Å². The summed E-state index contributed by atoms with van der Waals surface area (Å²) in [6.07, 6.45) is -0.251. The Balaban J connectivity index is 1.38. The first kappa shape index (κ1) is 25.6. The first-order chi connectivity index (χ1) is 16.3. The molecule has 0 aromatic heterocycles. The van der Waals surface area contributed by atoms with E-state index in [1.165, 1.54) is 0 Å². The summed E-state index contributed by atoms with van der Waals surface area (Å²) in [6.45, 7) is -0.435. The summed E-state index contributed by atoms with van der Waals surface area (Å²) in [5.41, 5.74) is 1.11. The molecule has 0 bridgehead atoms. The van der Waals surface area contributed by atoms with Crippen molar-refractivity contribution >= 4 is 68.3 Å². The molecule has 0 unspecified atom stereocenters. The predicted molar refractivity (Wildman–Crippen MR) is 135 cm³/mol. The van der Waals surface area contributed by atoms with Crippen LogP contribution < -0.4 is 15.4 Å². The molecule has 0 radical (unpaired) electrons. The van der Waals surface area contributed by atoms with E-state index in [0.29, 0.717) is 32.9 Å². The largest absolute Gasteiger partial charge is 0.456 e. The molecule has 0 atom stereocenters. The van der Waals surface area contributed by atoms with Crippen LogP contribution >= 0.6 is 39.1 Å². The molecule has 0 fully saturated rings. The summed E-state index contributed by atoms with van der Waals surface area (Å²) in [7, 11) is 0. The number of amides is 2. The molecular weight excluding hydrogens is 547 g/mol. The molecule has 34 heavy (non-hydrogen) atoms. The Morgan fingerprint density at radius 2 is 1.41 bits per heavy atom. The number of anilines is 2. The maximum atomic E-state index is 12.1. The van der Waals surface area contributed by atoms with Gasteiger partial charge in [-0.05, 0) is 66.7 Å². The standard InChI is InChI=1S/C24H19BrCl2N2O5/c25-15-1-4-17(5-2-15)29-23(31)14-33-24(32)12-11-22(30)28-18-6-8-19(9-7-18)34-21-10-3-16(26)13-20(21)27/h1-10,13H,11-12,14H2,(H,28,30)(H,29,31). The first-order valence-electron chi connectivity index (χ1n) is 10.0. The van der Waals surface area contributed by atoms with Crippen molar-refractivity contribution in [2.75, 3.05) is 17.2 Å². The zero-order valence-corrected chi connectivity index (χ0v) is 20.7. The third kappa shape index (κ3) is 8.37. The van der Waals surface area contributed by atoms with Crippen LogP contribution in [0.5, 0.6) is 11.5 Å². The molecule has 2 amide bonds. The summed E-state index contributed by atoms with van der Waals surface area (Å²) in [5.74, 6) is -0.517. The molecule has 3 rings (SSSR count). The molecule has 0 saturated heterocycles. The highest BCUT2D eigenvalue weighted by Gasteiger charge is 2.11. The van der Waals surface area contributed by atoms with Gasteiger partial charge in [0.05, 0.1) is 11.4 Å². The molecule has 0 aliphatic rings. The van der Waals surface area contributed by atoms with Crippen LogP contribution in [0.2, 0.25) is 10.0 Å². The summed E-state index contributed by atoms with van der Waals surface area (Å²) in [4.78, 5) is 35.8. The minimum atomic E-state index is -0.648. The molecule has 3 aromatic carbocycles. The minimum Gasteiger partial charge on any atom is -0.456 e. The zero-order chi connectivity index (χ0) is 24.5. The van der Waals surface area contributed by atoms with E-state index in [1.807, 2.05) is 0 Å². The van der Waals surface area contributed by atoms with Crippen molar-refractivity contribution in [1.29, 1.82) is 0 Å². The van der Waals surface area contributed by atoms with Crippen molar-refractivity contribution in [3.8, 4) is 11.5 Å². The SMILES string of the molecule is O=C(CCC(=O)OCC(=O)Nc1ccc(Br)cc1)Nc1ccc(Oc2ccc(Cl)cc2Cl)cc1. The molecule has 10 heteroatoms. The summed E-state index contributed by atoms with van der Waals surface area (Å²) >= 11 is 15.3.